The fourth-order valence-electron chi connectivity index (χ4n) is 2.21. The van der Waals surface area contributed by atoms with Crippen molar-refractivity contribution < 1.29 is 13.2 Å². The van der Waals surface area contributed by atoms with Gasteiger partial charge in [0.1, 0.15) is 5.37 Å². The minimum atomic E-state index is -3.27. The third-order valence-electron chi connectivity index (χ3n) is 3.18. The van der Waals surface area contributed by atoms with Crippen LogP contribution in [0.2, 0.25) is 0 Å². The Hall–Kier alpha value is -1.41. The second kappa shape index (κ2) is 5.53. The molecule has 8 heteroatoms. The van der Waals surface area contributed by atoms with Crippen LogP contribution in [0.5, 0.6) is 0 Å². The predicted octanol–water partition coefficient (Wildman–Crippen LogP) is 0.292. The van der Waals surface area contributed by atoms with Crippen molar-refractivity contribution in [3.05, 3.63) is 23.8 Å². The molecule has 1 unspecified atom stereocenters. The first-order valence-corrected chi connectivity index (χ1v) is 9.14. The van der Waals surface area contributed by atoms with Gasteiger partial charge >= 0.3 is 0 Å². The Morgan fingerprint density at radius 2 is 2.15 bits per heavy atom. The van der Waals surface area contributed by atoms with Gasteiger partial charge in [0.05, 0.1) is 11.3 Å². The molecule has 110 valence electrons. The fraction of sp³-hybridized carbons (Fsp3) is 0.417. The molecule has 20 heavy (non-hydrogen) atoms. The summed E-state index contributed by atoms with van der Waals surface area (Å²) in [5, 5.41) is -0.666. The Bertz CT molecular complexity index is 631. The highest BCUT2D eigenvalue weighted by atomic mass is 32.2. The number of nitrogen functional groups attached to an aromatic ring is 1. The number of anilines is 2. The summed E-state index contributed by atoms with van der Waals surface area (Å²) in [6.07, 6.45) is 1.20. The molecule has 1 aromatic rings. The molecule has 0 spiro atoms. The van der Waals surface area contributed by atoms with Crippen molar-refractivity contribution in [2.24, 2.45) is 5.73 Å². The molecule has 1 aromatic carbocycles. The summed E-state index contributed by atoms with van der Waals surface area (Å²) >= 11 is 1.58. The van der Waals surface area contributed by atoms with E-state index in [1.807, 2.05) is 0 Å². The average Bonchev–Trinajstić information content (AvgIpc) is 2.37. The zero-order valence-corrected chi connectivity index (χ0v) is 12.7. The maximum atomic E-state index is 11.9. The molecule has 1 aliphatic heterocycles. The molecule has 1 atom stereocenters. The van der Waals surface area contributed by atoms with Crippen LogP contribution in [-0.2, 0) is 9.84 Å². The minimum absolute atomic E-state index is 0.291. The number of benzene rings is 1. The smallest absolute Gasteiger partial charge is 0.250 e. The average molecular weight is 315 g/mol. The van der Waals surface area contributed by atoms with Gasteiger partial charge < -0.3 is 16.4 Å². The molecule has 1 heterocycles. The first-order chi connectivity index (χ1) is 9.30. The number of hydrogen-bond acceptors (Lipinski definition) is 6. The van der Waals surface area contributed by atoms with E-state index in [0.29, 0.717) is 29.2 Å². The van der Waals surface area contributed by atoms with Crippen LogP contribution in [0.15, 0.2) is 18.2 Å². The quantitative estimate of drug-likeness (QED) is 0.777. The molecule has 6 nitrogen and oxygen atoms in total. The molecule has 4 N–H and O–H groups in total. The van der Waals surface area contributed by atoms with E-state index in [4.69, 9.17) is 11.5 Å². The van der Waals surface area contributed by atoms with Gasteiger partial charge in [-0.3, -0.25) is 4.79 Å². The first kappa shape index (κ1) is 15.0. The van der Waals surface area contributed by atoms with Crippen molar-refractivity contribution in [1.82, 2.24) is 0 Å². The highest BCUT2D eigenvalue weighted by Crippen LogP contribution is 2.30. The monoisotopic (exact) mass is 315 g/mol. The van der Waals surface area contributed by atoms with Crippen LogP contribution in [0.3, 0.4) is 0 Å². The third kappa shape index (κ3) is 3.01. The van der Waals surface area contributed by atoms with E-state index in [0.717, 1.165) is 5.75 Å². The van der Waals surface area contributed by atoms with E-state index < -0.39 is 21.1 Å². The van der Waals surface area contributed by atoms with E-state index in [2.05, 4.69) is 0 Å². The lowest BCUT2D eigenvalue weighted by atomic mass is 10.1. The number of thioether (sulfide) groups is 1. The second-order valence-electron chi connectivity index (χ2n) is 4.69. The van der Waals surface area contributed by atoms with Crippen molar-refractivity contribution in [3.63, 3.8) is 0 Å². The van der Waals surface area contributed by atoms with Gasteiger partial charge in [0.2, 0.25) is 0 Å². The molecule has 1 fully saturated rings. The van der Waals surface area contributed by atoms with Gasteiger partial charge in [-0.25, -0.2) is 8.42 Å². The van der Waals surface area contributed by atoms with Crippen LogP contribution in [0.4, 0.5) is 11.4 Å². The summed E-state index contributed by atoms with van der Waals surface area (Å²) in [6.45, 7) is 0.534. The molecule has 0 aromatic heterocycles. The maximum Gasteiger partial charge on any atom is 0.250 e. The topological polar surface area (TPSA) is 106 Å². The van der Waals surface area contributed by atoms with Crippen LogP contribution in [0.25, 0.3) is 0 Å². The SMILES string of the molecule is CS(=O)(=O)C1CSCCN1c1cc(N)ccc1C(N)=O. The van der Waals surface area contributed by atoms with Gasteiger partial charge in [0.25, 0.3) is 5.91 Å². The molecule has 0 aliphatic carbocycles. The fourth-order valence-corrected chi connectivity index (χ4v) is 5.04. The zero-order chi connectivity index (χ0) is 14.9. The number of nitrogens with two attached hydrogens (primary N) is 2. The van der Waals surface area contributed by atoms with Crippen molar-refractivity contribution >= 4 is 38.9 Å². The number of amides is 1. The predicted molar refractivity (Wildman–Crippen MR) is 82.7 cm³/mol. The van der Waals surface area contributed by atoms with E-state index in [-0.39, 0.29) is 0 Å². The van der Waals surface area contributed by atoms with Gasteiger partial charge in [-0.1, -0.05) is 0 Å². The van der Waals surface area contributed by atoms with Crippen LogP contribution in [0.1, 0.15) is 10.4 Å². The second-order valence-corrected chi connectivity index (χ2v) is 8.05. The van der Waals surface area contributed by atoms with Crippen molar-refractivity contribution in [2.75, 3.05) is 34.9 Å². The molecule has 1 saturated heterocycles. The molecular weight excluding hydrogens is 298 g/mol. The molecule has 0 saturated carbocycles. The summed E-state index contributed by atoms with van der Waals surface area (Å²) in [5.74, 6) is 0.663. The Morgan fingerprint density at radius 1 is 1.45 bits per heavy atom. The summed E-state index contributed by atoms with van der Waals surface area (Å²) in [4.78, 5) is 13.2. The standard InChI is InChI=1S/C12H17N3O3S2/c1-20(17,18)11-7-19-5-4-15(11)10-6-8(13)2-3-9(10)12(14)16/h2-3,6,11H,4-5,7,13H2,1H3,(H2,14,16). The van der Waals surface area contributed by atoms with Crippen LogP contribution in [0, 0.1) is 0 Å². The molecule has 2 rings (SSSR count). The van der Waals surface area contributed by atoms with Crippen LogP contribution in [-0.4, -0.2) is 44.0 Å². The summed E-state index contributed by atoms with van der Waals surface area (Å²) in [6, 6.07) is 4.72. The summed E-state index contributed by atoms with van der Waals surface area (Å²) < 4.78 is 23.9. The highest BCUT2D eigenvalue weighted by Gasteiger charge is 2.32. The summed E-state index contributed by atoms with van der Waals surface area (Å²) in [7, 11) is -3.27. The number of primary amides is 1. The maximum absolute atomic E-state index is 11.9. The van der Waals surface area contributed by atoms with E-state index in [1.54, 1.807) is 28.8 Å². The molecule has 1 amide bonds. The van der Waals surface area contributed by atoms with Gasteiger partial charge in [0.15, 0.2) is 9.84 Å². The highest BCUT2D eigenvalue weighted by molar-refractivity contribution is 8.01. The number of sulfone groups is 1. The van der Waals surface area contributed by atoms with Gasteiger partial charge in [0, 0.05) is 30.0 Å². The largest absolute Gasteiger partial charge is 0.399 e. The molecule has 0 radical (unpaired) electrons. The Labute approximate surface area is 122 Å². The van der Waals surface area contributed by atoms with Gasteiger partial charge in [-0.05, 0) is 18.2 Å². The zero-order valence-electron chi connectivity index (χ0n) is 11.1. The third-order valence-corrected chi connectivity index (χ3v) is 5.82. The van der Waals surface area contributed by atoms with E-state index in [1.165, 1.54) is 12.3 Å². The molecule has 1 aliphatic rings. The van der Waals surface area contributed by atoms with Crippen molar-refractivity contribution in [3.8, 4) is 0 Å². The van der Waals surface area contributed by atoms with Crippen molar-refractivity contribution in [2.45, 2.75) is 5.37 Å². The van der Waals surface area contributed by atoms with E-state index in [9.17, 15) is 13.2 Å². The minimum Gasteiger partial charge on any atom is -0.399 e. The molecular formula is C12H17N3O3S2. The van der Waals surface area contributed by atoms with Crippen molar-refractivity contribution in [1.29, 1.82) is 0 Å². The lowest BCUT2D eigenvalue weighted by molar-refractivity contribution is 0.100. The summed E-state index contributed by atoms with van der Waals surface area (Å²) in [5.41, 5.74) is 12.4. The Balaban J connectivity index is 2.52. The van der Waals surface area contributed by atoms with Gasteiger partial charge in [-0.2, -0.15) is 11.8 Å². The Kier molecular flexibility index (Phi) is 4.14. The van der Waals surface area contributed by atoms with Crippen LogP contribution >= 0.6 is 11.8 Å². The number of nitrogens with zero attached hydrogens (tertiary/aromatic N) is 1. The lowest BCUT2D eigenvalue weighted by Crippen LogP contribution is -2.47. The Morgan fingerprint density at radius 3 is 2.75 bits per heavy atom. The lowest BCUT2D eigenvalue weighted by Gasteiger charge is -2.36. The number of carbonyl (C=O) groups is 1. The number of rotatable bonds is 3. The normalized spacial score (nSPS) is 19.9. The first-order valence-electron chi connectivity index (χ1n) is 6.03. The van der Waals surface area contributed by atoms with Gasteiger partial charge in [-0.15, -0.1) is 0 Å². The molecule has 0 bridgehead atoms. The van der Waals surface area contributed by atoms with Crippen LogP contribution < -0.4 is 16.4 Å². The number of hydrogen-bond donors (Lipinski definition) is 2. The number of carbonyl (C=O) groups excluding carboxylic acids is 1. The van der Waals surface area contributed by atoms with E-state index >= 15 is 0 Å².